The van der Waals surface area contributed by atoms with E-state index in [9.17, 15) is 0 Å². The average molecular weight is 176 g/mol. The fourth-order valence-corrected chi connectivity index (χ4v) is 0.404. The second kappa shape index (κ2) is 30.7. The monoisotopic (exact) mass is 176 g/mol. The van der Waals surface area contributed by atoms with E-state index in [2.05, 4.69) is 26.1 Å². The van der Waals surface area contributed by atoms with Gasteiger partial charge in [-0.25, -0.2) is 0 Å². The predicted molar refractivity (Wildman–Crippen MR) is 59.5 cm³/mol. The summed E-state index contributed by atoms with van der Waals surface area (Å²) in [7, 11) is 0. The van der Waals surface area contributed by atoms with Gasteiger partial charge in [-0.3, -0.25) is 0 Å². The zero-order valence-electron chi connectivity index (χ0n) is 9.61. The number of rotatable bonds is 4. The van der Waals surface area contributed by atoms with Crippen LogP contribution in [0.1, 0.15) is 47.5 Å². The van der Waals surface area contributed by atoms with Crippen LogP contribution in [-0.2, 0) is 0 Å². The maximum absolute atomic E-state index is 5.21. The smallest absolute Gasteiger partial charge is 0.00744 e. The van der Waals surface area contributed by atoms with Crippen molar-refractivity contribution in [3.8, 4) is 0 Å². The summed E-state index contributed by atoms with van der Waals surface area (Å²) < 4.78 is 0. The van der Waals surface area contributed by atoms with Gasteiger partial charge < -0.3 is 11.1 Å². The number of hydrogen-bond donors (Lipinski definition) is 2. The molecule has 0 spiro atoms. The summed E-state index contributed by atoms with van der Waals surface area (Å²) in [5, 5.41) is 3.16. The molecule has 0 atom stereocenters. The molecule has 2 nitrogen and oxygen atoms in total. The molecule has 78 valence electrons. The van der Waals surface area contributed by atoms with Crippen molar-refractivity contribution in [2.24, 2.45) is 5.73 Å². The summed E-state index contributed by atoms with van der Waals surface area (Å²) in [4.78, 5) is 0. The molecule has 0 saturated carbocycles. The van der Waals surface area contributed by atoms with Crippen LogP contribution in [0.15, 0.2) is 0 Å². The summed E-state index contributed by atoms with van der Waals surface area (Å²) in [6.07, 6.45) is 2.44. The maximum Gasteiger partial charge on any atom is 0.00744 e. The third kappa shape index (κ3) is 51.4. The zero-order chi connectivity index (χ0) is 10.2. The van der Waals surface area contributed by atoms with Crippen LogP contribution in [0.4, 0.5) is 0 Å². The molecule has 0 aliphatic rings. The summed E-state index contributed by atoms with van der Waals surface area (Å²) in [5.74, 6) is 0. The van der Waals surface area contributed by atoms with Crippen LogP contribution in [0, 0.1) is 0 Å². The van der Waals surface area contributed by atoms with E-state index in [0.717, 1.165) is 19.6 Å². The van der Waals surface area contributed by atoms with Crippen LogP contribution in [0.5, 0.6) is 0 Å². The van der Waals surface area contributed by atoms with Gasteiger partial charge >= 0.3 is 0 Å². The van der Waals surface area contributed by atoms with Gasteiger partial charge in [0, 0.05) is 13.1 Å². The highest BCUT2D eigenvalue weighted by Crippen LogP contribution is 1.65. The van der Waals surface area contributed by atoms with Gasteiger partial charge in [-0.1, -0.05) is 41.0 Å². The topological polar surface area (TPSA) is 38.0 Å². The summed E-state index contributed by atoms with van der Waals surface area (Å²) in [5.41, 5.74) is 5.21. The van der Waals surface area contributed by atoms with Gasteiger partial charge in [0.1, 0.15) is 0 Å². The summed E-state index contributed by atoms with van der Waals surface area (Å²) >= 11 is 0. The predicted octanol–water partition coefficient (Wildman–Crippen LogP) is 2.39. The largest absolute Gasteiger partial charge is 0.329 e. The van der Waals surface area contributed by atoms with Gasteiger partial charge in [-0.2, -0.15) is 0 Å². The molecule has 2 heteroatoms. The van der Waals surface area contributed by atoms with Gasteiger partial charge in [0.15, 0.2) is 0 Å². The van der Waals surface area contributed by atoms with Crippen molar-refractivity contribution in [1.82, 2.24) is 5.32 Å². The highest BCUT2D eigenvalue weighted by atomic mass is 14.9. The first-order chi connectivity index (χ1) is 5.83. The quantitative estimate of drug-likeness (QED) is 0.645. The average Bonchev–Trinajstić information content (AvgIpc) is 2.11. The molecular weight excluding hydrogens is 148 g/mol. The van der Waals surface area contributed by atoms with E-state index in [4.69, 9.17) is 5.73 Å². The Morgan fingerprint density at radius 3 is 1.67 bits per heavy atom. The van der Waals surface area contributed by atoms with Crippen molar-refractivity contribution in [2.75, 3.05) is 19.6 Å². The molecule has 0 aliphatic heterocycles. The van der Waals surface area contributed by atoms with Gasteiger partial charge in [0.2, 0.25) is 0 Å². The molecule has 0 aromatic carbocycles. The third-order valence-electron chi connectivity index (χ3n) is 0.748. The molecular formula is C10H28N2. The first kappa shape index (κ1) is 17.9. The van der Waals surface area contributed by atoms with Crippen molar-refractivity contribution in [2.45, 2.75) is 47.5 Å². The molecule has 0 aliphatic carbocycles. The zero-order valence-corrected chi connectivity index (χ0v) is 9.61. The maximum atomic E-state index is 5.21. The standard InChI is InChI=1S/C5H14N2.C3H8.C2H6/c1-2-4-7-5-3-6;1-3-2;1-2/h7H,2-6H2,1H3;3H2,1-2H3;1-2H3. The van der Waals surface area contributed by atoms with E-state index in [1.165, 1.54) is 12.8 Å². The molecule has 0 fully saturated rings. The number of nitrogens with two attached hydrogens (primary N) is 1. The third-order valence-corrected chi connectivity index (χ3v) is 0.748. The highest BCUT2D eigenvalue weighted by Gasteiger charge is 1.76. The molecule has 0 aromatic heterocycles. The Morgan fingerprint density at radius 1 is 1.00 bits per heavy atom. The summed E-state index contributed by atoms with van der Waals surface area (Å²) in [6, 6.07) is 0. The molecule has 0 radical (unpaired) electrons. The first-order valence-corrected chi connectivity index (χ1v) is 5.24. The second-order valence-electron chi connectivity index (χ2n) is 2.25. The first-order valence-electron chi connectivity index (χ1n) is 5.24. The summed E-state index contributed by atoms with van der Waals surface area (Å²) in [6.45, 7) is 13.2. The van der Waals surface area contributed by atoms with Crippen LogP contribution < -0.4 is 11.1 Å². The van der Waals surface area contributed by atoms with Gasteiger partial charge in [-0.05, 0) is 13.0 Å². The number of nitrogens with one attached hydrogen (secondary N) is 1. The van der Waals surface area contributed by atoms with Crippen molar-refractivity contribution in [3.05, 3.63) is 0 Å². The molecule has 3 N–H and O–H groups in total. The van der Waals surface area contributed by atoms with Gasteiger partial charge in [-0.15, -0.1) is 0 Å². The van der Waals surface area contributed by atoms with E-state index in [0.29, 0.717) is 0 Å². The lowest BCUT2D eigenvalue weighted by molar-refractivity contribution is 0.678. The Kier molecular flexibility index (Phi) is 45.6. The fourth-order valence-electron chi connectivity index (χ4n) is 0.404. The Labute approximate surface area is 78.9 Å². The van der Waals surface area contributed by atoms with E-state index in [1.807, 2.05) is 13.8 Å². The fraction of sp³-hybridized carbons (Fsp3) is 1.00. The van der Waals surface area contributed by atoms with Crippen LogP contribution in [-0.4, -0.2) is 19.6 Å². The van der Waals surface area contributed by atoms with Crippen molar-refractivity contribution < 1.29 is 0 Å². The lowest BCUT2D eigenvalue weighted by Gasteiger charge is -1.95. The van der Waals surface area contributed by atoms with Crippen molar-refractivity contribution >= 4 is 0 Å². The van der Waals surface area contributed by atoms with Crippen LogP contribution >= 0.6 is 0 Å². The molecule has 0 unspecified atom stereocenters. The Bertz CT molecular complexity index is 34.8. The van der Waals surface area contributed by atoms with Gasteiger partial charge in [0.25, 0.3) is 0 Å². The van der Waals surface area contributed by atoms with Crippen LogP contribution in [0.2, 0.25) is 0 Å². The van der Waals surface area contributed by atoms with E-state index >= 15 is 0 Å². The lowest BCUT2D eigenvalue weighted by Crippen LogP contribution is -2.22. The van der Waals surface area contributed by atoms with Crippen LogP contribution in [0.25, 0.3) is 0 Å². The minimum absolute atomic E-state index is 0.750. The Hall–Kier alpha value is -0.0800. The SMILES string of the molecule is CC.CCC.CCCNCCN. The number of hydrogen-bond acceptors (Lipinski definition) is 2. The van der Waals surface area contributed by atoms with E-state index in [-0.39, 0.29) is 0 Å². The van der Waals surface area contributed by atoms with E-state index < -0.39 is 0 Å². The Morgan fingerprint density at radius 2 is 1.42 bits per heavy atom. The van der Waals surface area contributed by atoms with Crippen LogP contribution in [0.3, 0.4) is 0 Å². The normalized spacial score (nSPS) is 7.50. The van der Waals surface area contributed by atoms with E-state index in [1.54, 1.807) is 0 Å². The molecule has 0 saturated heterocycles. The van der Waals surface area contributed by atoms with Gasteiger partial charge in [0.05, 0.1) is 0 Å². The Balaban J connectivity index is -0.000000137. The molecule has 0 aromatic rings. The minimum Gasteiger partial charge on any atom is -0.329 e. The molecule has 0 heterocycles. The minimum atomic E-state index is 0.750. The molecule has 0 amide bonds. The second-order valence-corrected chi connectivity index (χ2v) is 2.25. The van der Waals surface area contributed by atoms with Crippen molar-refractivity contribution in [1.29, 1.82) is 0 Å². The highest BCUT2D eigenvalue weighted by molar-refractivity contribution is 4.42. The molecule has 0 bridgehead atoms. The lowest BCUT2D eigenvalue weighted by atomic mass is 10.5. The van der Waals surface area contributed by atoms with Crippen molar-refractivity contribution in [3.63, 3.8) is 0 Å². The molecule has 12 heavy (non-hydrogen) atoms. The molecule has 0 rings (SSSR count).